The third kappa shape index (κ3) is 5.62. The number of benzene rings is 1. The molecule has 2 atom stereocenters. The van der Waals surface area contributed by atoms with Crippen molar-refractivity contribution in [1.82, 2.24) is 10.2 Å². The van der Waals surface area contributed by atoms with Gasteiger partial charge < -0.3 is 15.2 Å². The maximum absolute atomic E-state index is 11.9. The average Bonchev–Trinajstić information content (AvgIpc) is 3.03. The van der Waals surface area contributed by atoms with Gasteiger partial charge in [-0.25, -0.2) is 0 Å². The Balaban J connectivity index is 1.59. The molecule has 1 aliphatic heterocycles. The van der Waals surface area contributed by atoms with E-state index in [1.165, 1.54) is 0 Å². The van der Waals surface area contributed by atoms with Gasteiger partial charge in [0.15, 0.2) is 0 Å². The molecule has 24 heavy (non-hydrogen) atoms. The Kier molecular flexibility index (Phi) is 7.21. The summed E-state index contributed by atoms with van der Waals surface area (Å²) < 4.78 is 5.75. The Labute approximate surface area is 142 Å². The molecule has 6 heteroatoms. The fourth-order valence-corrected chi connectivity index (χ4v) is 2.92. The smallest absolute Gasteiger partial charge is 0.320 e. The van der Waals surface area contributed by atoms with E-state index in [1.807, 2.05) is 37.3 Å². The van der Waals surface area contributed by atoms with Crippen molar-refractivity contribution in [2.24, 2.45) is 0 Å². The molecule has 0 spiro atoms. The number of ether oxygens (including phenoxy) is 1. The number of carbonyl (C=O) groups excluding carboxylic acids is 1. The molecule has 2 N–H and O–H groups in total. The molecule has 1 aromatic carbocycles. The molecule has 0 aromatic heterocycles. The summed E-state index contributed by atoms with van der Waals surface area (Å²) in [6, 6.07) is 9.48. The van der Waals surface area contributed by atoms with Crippen LogP contribution in [0.5, 0.6) is 0 Å². The minimum Gasteiger partial charge on any atom is -0.480 e. The molecule has 0 radical (unpaired) electrons. The molecule has 1 aromatic rings. The number of nitrogens with one attached hydrogen (secondary N) is 1. The largest absolute Gasteiger partial charge is 0.480 e. The van der Waals surface area contributed by atoms with E-state index in [2.05, 4.69) is 5.32 Å². The predicted octanol–water partition coefficient (Wildman–Crippen LogP) is 1.82. The second kappa shape index (κ2) is 9.39. The maximum atomic E-state index is 11.9. The Bertz CT molecular complexity index is 535. The summed E-state index contributed by atoms with van der Waals surface area (Å²) in [5.74, 6) is -0.970. The minimum absolute atomic E-state index is 0.0304. The van der Waals surface area contributed by atoms with Crippen molar-refractivity contribution in [3.63, 3.8) is 0 Å². The maximum Gasteiger partial charge on any atom is 0.320 e. The summed E-state index contributed by atoms with van der Waals surface area (Å²) in [6.07, 6.45) is 2.21. The quantitative estimate of drug-likeness (QED) is 0.674. The predicted molar refractivity (Wildman–Crippen MR) is 90.7 cm³/mol. The third-order valence-corrected chi connectivity index (χ3v) is 4.28. The van der Waals surface area contributed by atoms with E-state index >= 15 is 0 Å². The first-order valence-electron chi connectivity index (χ1n) is 8.48. The zero-order valence-corrected chi connectivity index (χ0v) is 14.1. The van der Waals surface area contributed by atoms with Gasteiger partial charge in [0.1, 0.15) is 6.04 Å². The molecule has 2 unspecified atom stereocenters. The van der Waals surface area contributed by atoms with Gasteiger partial charge in [-0.3, -0.25) is 14.5 Å². The van der Waals surface area contributed by atoms with Crippen molar-refractivity contribution in [2.45, 2.75) is 38.3 Å². The Morgan fingerprint density at radius 3 is 2.83 bits per heavy atom. The van der Waals surface area contributed by atoms with Crippen LogP contribution in [0.2, 0.25) is 0 Å². The highest BCUT2D eigenvalue weighted by Gasteiger charge is 2.31. The van der Waals surface area contributed by atoms with Gasteiger partial charge >= 0.3 is 5.97 Å². The summed E-state index contributed by atoms with van der Waals surface area (Å²) >= 11 is 0. The van der Waals surface area contributed by atoms with Gasteiger partial charge in [-0.15, -0.1) is 0 Å². The fourth-order valence-electron chi connectivity index (χ4n) is 2.92. The van der Waals surface area contributed by atoms with Crippen LogP contribution in [0.15, 0.2) is 30.3 Å². The van der Waals surface area contributed by atoms with E-state index in [1.54, 1.807) is 4.90 Å². The summed E-state index contributed by atoms with van der Waals surface area (Å²) in [5.41, 5.74) is 1.13. The third-order valence-electron chi connectivity index (χ3n) is 4.28. The molecule has 1 heterocycles. The van der Waals surface area contributed by atoms with E-state index in [9.17, 15) is 9.59 Å². The van der Waals surface area contributed by atoms with E-state index in [4.69, 9.17) is 9.84 Å². The van der Waals surface area contributed by atoms with Gasteiger partial charge in [0.25, 0.3) is 0 Å². The monoisotopic (exact) mass is 334 g/mol. The highest BCUT2D eigenvalue weighted by molar-refractivity contribution is 5.80. The van der Waals surface area contributed by atoms with Gasteiger partial charge in [0.05, 0.1) is 12.6 Å². The zero-order chi connectivity index (χ0) is 17.4. The number of rotatable bonds is 9. The van der Waals surface area contributed by atoms with E-state index in [0.29, 0.717) is 26.1 Å². The van der Waals surface area contributed by atoms with Crippen LogP contribution in [0.1, 0.15) is 37.9 Å². The van der Waals surface area contributed by atoms with Crippen LogP contribution >= 0.6 is 0 Å². The number of aliphatic carboxylic acids is 1. The van der Waals surface area contributed by atoms with Gasteiger partial charge in [0, 0.05) is 13.2 Å². The van der Waals surface area contributed by atoms with Crippen LogP contribution in [0, 0.1) is 0 Å². The second-order valence-electron chi connectivity index (χ2n) is 6.09. The molecule has 2 rings (SSSR count). The molecular weight excluding hydrogens is 308 g/mol. The van der Waals surface area contributed by atoms with E-state index < -0.39 is 12.0 Å². The first-order valence-corrected chi connectivity index (χ1v) is 8.48. The van der Waals surface area contributed by atoms with Crippen molar-refractivity contribution in [3.05, 3.63) is 35.9 Å². The number of hydrogen-bond acceptors (Lipinski definition) is 4. The van der Waals surface area contributed by atoms with Gasteiger partial charge in [0.2, 0.25) is 5.91 Å². The number of carboxylic acid groups (broad SMARTS) is 1. The van der Waals surface area contributed by atoms with Crippen molar-refractivity contribution in [2.75, 3.05) is 26.2 Å². The molecular formula is C18H26N2O4. The lowest BCUT2D eigenvalue weighted by molar-refractivity contribution is -0.142. The number of nitrogens with zero attached hydrogens (tertiary/aromatic N) is 1. The molecule has 0 bridgehead atoms. The minimum atomic E-state index is -0.844. The van der Waals surface area contributed by atoms with Crippen molar-refractivity contribution < 1.29 is 19.4 Å². The van der Waals surface area contributed by atoms with E-state index in [0.717, 1.165) is 18.4 Å². The summed E-state index contributed by atoms with van der Waals surface area (Å²) in [4.78, 5) is 24.7. The molecule has 1 amide bonds. The Hall–Kier alpha value is -1.92. The summed E-state index contributed by atoms with van der Waals surface area (Å²) in [7, 11) is 0. The Morgan fingerprint density at radius 2 is 2.12 bits per heavy atom. The van der Waals surface area contributed by atoms with E-state index in [-0.39, 0.29) is 18.6 Å². The van der Waals surface area contributed by atoms with Crippen LogP contribution in [-0.2, 0) is 14.3 Å². The van der Waals surface area contributed by atoms with Crippen molar-refractivity contribution in [1.29, 1.82) is 0 Å². The lowest BCUT2D eigenvalue weighted by Crippen LogP contribution is -2.43. The number of carbonyl (C=O) groups is 2. The molecule has 0 aliphatic carbocycles. The number of carboxylic acids is 1. The van der Waals surface area contributed by atoms with Crippen LogP contribution in [0.4, 0.5) is 0 Å². The second-order valence-corrected chi connectivity index (χ2v) is 6.09. The summed E-state index contributed by atoms with van der Waals surface area (Å²) in [6.45, 7) is 3.93. The van der Waals surface area contributed by atoms with Gasteiger partial charge in [-0.05, 0) is 38.3 Å². The molecule has 6 nitrogen and oxygen atoms in total. The first-order chi connectivity index (χ1) is 11.6. The highest BCUT2D eigenvalue weighted by atomic mass is 16.5. The number of amides is 1. The van der Waals surface area contributed by atoms with Crippen molar-refractivity contribution in [3.8, 4) is 0 Å². The lowest BCUT2D eigenvalue weighted by atomic mass is 10.1. The van der Waals surface area contributed by atoms with Crippen LogP contribution in [-0.4, -0.2) is 54.2 Å². The molecule has 132 valence electrons. The first kappa shape index (κ1) is 18.4. The Morgan fingerprint density at radius 1 is 1.38 bits per heavy atom. The molecule has 1 saturated heterocycles. The number of likely N-dealkylation sites (tertiary alicyclic amines) is 1. The fraction of sp³-hybridized carbons (Fsp3) is 0.556. The molecule has 1 fully saturated rings. The zero-order valence-electron chi connectivity index (χ0n) is 14.1. The summed E-state index contributed by atoms with van der Waals surface area (Å²) in [5, 5.41) is 11.9. The van der Waals surface area contributed by atoms with Gasteiger partial charge in [-0.2, -0.15) is 0 Å². The molecule has 1 aliphatic rings. The SMILES string of the molecule is CC(OCCCNC(=O)CN1CCCC1C(=O)O)c1ccccc1. The standard InChI is InChI=1S/C18H26N2O4/c1-14(15-7-3-2-4-8-15)24-12-6-10-19-17(21)13-20-11-5-9-16(20)18(22)23/h2-4,7-8,14,16H,5-6,9-13H2,1H3,(H,19,21)(H,22,23). The topological polar surface area (TPSA) is 78.9 Å². The molecule has 0 saturated carbocycles. The number of hydrogen-bond donors (Lipinski definition) is 2. The van der Waals surface area contributed by atoms with Crippen LogP contribution in [0.3, 0.4) is 0 Å². The van der Waals surface area contributed by atoms with Gasteiger partial charge in [-0.1, -0.05) is 30.3 Å². The van der Waals surface area contributed by atoms with Crippen LogP contribution < -0.4 is 5.32 Å². The highest BCUT2D eigenvalue weighted by Crippen LogP contribution is 2.17. The van der Waals surface area contributed by atoms with Crippen LogP contribution in [0.25, 0.3) is 0 Å². The van der Waals surface area contributed by atoms with Crippen molar-refractivity contribution >= 4 is 11.9 Å². The average molecular weight is 334 g/mol. The normalized spacial score (nSPS) is 19.1. The lowest BCUT2D eigenvalue weighted by Gasteiger charge is -2.20.